The number of amides is 1. The van der Waals surface area contributed by atoms with Crippen LogP contribution in [0.3, 0.4) is 0 Å². The summed E-state index contributed by atoms with van der Waals surface area (Å²) in [5.74, 6) is 0.820. The molecule has 0 aliphatic heterocycles. The highest BCUT2D eigenvalue weighted by Crippen LogP contribution is 2.31. The Kier molecular flexibility index (Phi) is 7.59. The number of aromatic nitrogens is 2. The monoisotopic (exact) mass is 438 g/mol. The van der Waals surface area contributed by atoms with Crippen LogP contribution in [0.25, 0.3) is 11.0 Å². The van der Waals surface area contributed by atoms with Gasteiger partial charge in [0.05, 0.1) is 0 Å². The number of nitrogens with one attached hydrogen (secondary N) is 1. The lowest BCUT2D eigenvalue weighted by Gasteiger charge is -2.31. The molecule has 4 rings (SSSR count). The number of nitrogens with zero attached hydrogens (tertiary/aromatic N) is 3. The van der Waals surface area contributed by atoms with Gasteiger partial charge in [-0.05, 0) is 45.0 Å². The zero-order valence-corrected chi connectivity index (χ0v) is 18.9. The van der Waals surface area contributed by atoms with Crippen molar-refractivity contribution in [3.05, 3.63) is 54.0 Å². The van der Waals surface area contributed by atoms with Crippen LogP contribution < -0.4 is 5.32 Å². The maximum Gasteiger partial charge on any atom is 0.287 e. The fourth-order valence-electron chi connectivity index (χ4n) is 4.24. The van der Waals surface area contributed by atoms with Crippen molar-refractivity contribution >= 4 is 28.6 Å². The molecule has 0 saturated heterocycles. The third kappa shape index (κ3) is 5.66. The van der Waals surface area contributed by atoms with Crippen LogP contribution in [0.2, 0.25) is 0 Å². The highest BCUT2D eigenvalue weighted by molar-refractivity contribution is 7.98. The van der Waals surface area contributed by atoms with E-state index in [0.29, 0.717) is 29.3 Å². The van der Waals surface area contributed by atoms with E-state index in [1.807, 2.05) is 24.3 Å². The minimum atomic E-state index is -0.152. The number of carbonyl (C=O) groups excluding carboxylic acids is 1. The Labute approximate surface area is 187 Å². The van der Waals surface area contributed by atoms with Crippen molar-refractivity contribution < 1.29 is 9.21 Å². The SMILES string of the molecule is CN(CCCNC(=O)c1oc2ccccc2c1CSc1ncccn1)C1CCCCC1. The summed E-state index contributed by atoms with van der Waals surface area (Å²) in [6.45, 7) is 1.64. The standard InChI is InChI=1S/C24H30N4O2S/c1-28(18-9-3-2-4-10-18)16-8-15-25-23(29)22-20(17-31-24-26-13-7-14-27-24)19-11-5-6-12-21(19)30-22/h5-7,11-14,18H,2-4,8-10,15-17H2,1H3,(H,25,29). The third-order valence-electron chi connectivity index (χ3n) is 5.96. The summed E-state index contributed by atoms with van der Waals surface area (Å²) in [5.41, 5.74) is 1.62. The van der Waals surface area contributed by atoms with Crippen LogP contribution in [-0.4, -0.2) is 47.0 Å². The van der Waals surface area contributed by atoms with Gasteiger partial charge in [-0.2, -0.15) is 0 Å². The molecule has 1 fully saturated rings. The van der Waals surface area contributed by atoms with Gasteiger partial charge in [0.2, 0.25) is 0 Å². The van der Waals surface area contributed by atoms with Crippen molar-refractivity contribution in [3.8, 4) is 0 Å². The summed E-state index contributed by atoms with van der Waals surface area (Å²) in [5, 5.41) is 4.71. The second kappa shape index (κ2) is 10.8. The molecule has 1 aliphatic carbocycles. The lowest BCUT2D eigenvalue weighted by atomic mass is 9.94. The van der Waals surface area contributed by atoms with E-state index < -0.39 is 0 Å². The maximum atomic E-state index is 12.9. The normalized spacial score (nSPS) is 14.9. The Morgan fingerprint density at radius 2 is 1.94 bits per heavy atom. The Bertz CT molecular complexity index is 986. The molecule has 7 heteroatoms. The molecule has 0 radical (unpaired) electrons. The molecule has 2 heterocycles. The second-order valence-corrected chi connectivity index (χ2v) is 9.05. The molecule has 1 N–H and O–H groups in total. The fraction of sp³-hybridized carbons (Fsp3) is 0.458. The number of hydrogen-bond acceptors (Lipinski definition) is 6. The minimum Gasteiger partial charge on any atom is -0.451 e. The van der Waals surface area contributed by atoms with Crippen molar-refractivity contribution in [1.82, 2.24) is 20.2 Å². The van der Waals surface area contributed by atoms with Gasteiger partial charge < -0.3 is 14.6 Å². The lowest BCUT2D eigenvalue weighted by Crippen LogP contribution is -2.35. The number of thioether (sulfide) groups is 1. The van der Waals surface area contributed by atoms with Gasteiger partial charge in [0.15, 0.2) is 10.9 Å². The molecular weight excluding hydrogens is 408 g/mol. The average Bonchev–Trinajstić information content (AvgIpc) is 3.20. The molecule has 0 spiro atoms. The van der Waals surface area contributed by atoms with Crippen LogP contribution in [0, 0.1) is 0 Å². The topological polar surface area (TPSA) is 71.3 Å². The minimum absolute atomic E-state index is 0.152. The first-order valence-electron chi connectivity index (χ1n) is 11.1. The Morgan fingerprint density at radius 3 is 2.74 bits per heavy atom. The first kappa shape index (κ1) is 21.8. The molecule has 1 amide bonds. The maximum absolute atomic E-state index is 12.9. The van der Waals surface area contributed by atoms with Gasteiger partial charge in [0.1, 0.15) is 5.58 Å². The van der Waals surface area contributed by atoms with Gasteiger partial charge in [-0.1, -0.05) is 49.2 Å². The number of carbonyl (C=O) groups is 1. The van der Waals surface area contributed by atoms with E-state index >= 15 is 0 Å². The van der Waals surface area contributed by atoms with Crippen LogP contribution in [-0.2, 0) is 5.75 Å². The predicted molar refractivity (Wildman–Crippen MR) is 124 cm³/mol. The number of para-hydroxylation sites is 1. The van der Waals surface area contributed by atoms with E-state index in [0.717, 1.165) is 29.5 Å². The van der Waals surface area contributed by atoms with E-state index in [4.69, 9.17) is 4.42 Å². The van der Waals surface area contributed by atoms with E-state index in [1.54, 1.807) is 18.5 Å². The Morgan fingerprint density at radius 1 is 1.16 bits per heavy atom. The summed E-state index contributed by atoms with van der Waals surface area (Å²) in [6, 6.07) is 10.3. The number of benzene rings is 1. The summed E-state index contributed by atoms with van der Waals surface area (Å²) in [7, 11) is 2.21. The third-order valence-corrected chi connectivity index (χ3v) is 6.87. The van der Waals surface area contributed by atoms with Crippen LogP contribution in [0.1, 0.15) is 54.6 Å². The molecule has 0 bridgehead atoms. The Balaban J connectivity index is 1.36. The predicted octanol–water partition coefficient (Wildman–Crippen LogP) is 4.90. The quantitative estimate of drug-likeness (QED) is 0.291. The van der Waals surface area contributed by atoms with Gasteiger partial charge in [-0.3, -0.25) is 4.79 Å². The Hall–Kier alpha value is -2.38. The molecule has 0 unspecified atom stereocenters. The van der Waals surface area contributed by atoms with Crippen molar-refractivity contribution in [1.29, 1.82) is 0 Å². The number of hydrogen-bond donors (Lipinski definition) is 1. The number of fused-ring (bicyclic) bond motifs is 1. The molecule has 31 heavy (non-hydrogen) atoms. The molecule has 3 aromatic rings. The second-order valence-electron chi connectivity index (χ2n) is 8.11. The van der Waals surface area contributed by atoms with Crippen molar-refractivity contribution in [2.45, 2.75) is 55.5 Å². The molecule has 1 saturated carbocycles. The van der Waals surface area contributed by atoms with Gasteiger partial charge in [0, 0.05) is 41.7 Å². The highest BCUT2D eigenvalue weighted by Gasteiger charge is 2.21. The molecule has 164 valence electrons. The largest absolute Gasteiger partial charge is 0.451 e. The van der Waals surface area contributed by atoms with Crippen LogP contribution >= 0.6 is 11.8 Å². The van der Waals surface area contributed by atoms with Gasteiger partial charge in [-0.15, -0.1) is 0 Å². The number of furan rings is 1. The first-order valence-corrected chi connectivity index (χ1v) is 12.1. The average molecular weight is 439 g/mol. The van der Waals surface area contributed by atoms with Crippen molar-refractivity contribution in [2.75, 3.05) is 20.1 Å². The van der Waals surface area contributed by atoms with Crippen molar-refractivity contribution in [2.24, 2.45) is 0 Å². The summed E-state index contributed by atoms with van der Waals surface area (Å²) in [4.78, 5) is 23.9. The summed E-state index contributed by atoms with van der Waals surface area (Å²) in [6.07, 6.45) is 11.0. The van der Waals surface area contributed by atoms with Crippen LogP contribution in [0.5, 0.6) is 0 Å². The van der Waals surface area contributed by atoms with Gasteiger partial charge in [0.25, 0.3) is 5.91 Å². The molecule has 0 atom stereocenters. The smallest absolute Gasteiger partial charge is 0.287 e. The highest BCUT2D eigenvalue weighted by atomic mass is 32.2. The summed E-state index contributed by atoms with van der Waals surface area (Å²) < 4.78 is 5.95. The molecule has 2 aromatic heterocycles. The van der Waals surface area contributed by atoms with E-state index in [1.165, 1.54) is 43.9 Å². The van der Waals surface area contributed by atoms with Gasteiger partial charge >= 0.3 is 0 Å². The molecule has 1 aromatic carbocycles. The van der Waals surface area contributed by atoms with E-state index in [-0.39, 0.29) is 5.91 Å². The molecule has 6 nitrogen and oxygen atoms in total. The van der Waals surface area contributed by atoms with Crippen LogP contribution in [0.15, 0.2) is 52.3 Å². The summed E-state index contributed by atoms with van der Waals surface area (Å²) >= 11 is 1.50. The van der Waals surface area contributed by atoms with Crippen LogP contribution in [0.4, 0.5) is 0 Å². The van der Waals surface area contributed by atoms with E-state index in [2.05, 4.69) is 27.2 Å². The fourth-order valence-corrected chi connectivity index (χ4v) is 5.07. The molecular formula is C24H30N4O2S. The van der Waals surface area contributed by atoms with Crippen molar-refractivity contribution in [3.63, 3.8) is 0 Å². The van der Waals surface area contributed by atoms with Gasteiger partial charge in [-0.25, -0.2) is 9.97 Å². The zero-order valence-electron chi connectivity index (χ0n) is 18.0. The molecule has 1 aliphatic rings. The zero-order chi connectivity index (χ0) is 21.5. The first-order chi connectivity index (χ1) is 15.2. The number of rotatable bonds is 9. The lowest BCUT2D eigenvalue weighted by molar-refractivity contribution is 0.0924. The van der Waals surface area contributed by atoms with E-state index in [9.17, 15) is 4.79 Å².